The maximum absolute atomic E-state index is 12.4. The van der Waals surface area contributed by atoms with Gasteiger partial charge >= 0.3 is 5.97 Å². The summed E-state index contributed by atoms with van der Waals surface area (Å²) in [5.41, 5.74) is 0. The number of carboxylic acid groups (broad SMARTS) is 1. The molecule has 0 saturated heterocycles. The minimum atomic E-state index is -3.79. The number of carbonyl (C=O) groups is 1. The molecule has 6 nitrogen and oxygen atoms in total. The minimum Gasteiger partial charge on any atom is -0.475 e. The smallest absolute Gasteiger partial charge is 0.371 e. The Morgan fingerprint density at radius 3 is 2.65 bits per heavy atom. The SMILES string of the molecule is CSCCC(C)N(C)S(=O)(=O)c1cc(C(=O)O)oc1Br. The molecule has 20 heavy (non-hydrogen) atoms. The van der Waals surface area contributed by atoms with Crippen molar-refractivity contribution in [3.63, 3.8) is 0 Å². The maximum atomic E-state index is 12.4. The van der Waals surface area contributed by atoms with E-state index in [0.717, 1.165) is 11.8 Å². The number of nitrogens with zero attached hydrogens (tertiary/aromatic N) is 1. The van der Waals surface area contributed by atoms with Crippen molar-refractivity contribution in [2.75, 3.05) is 19.1 Å². The lowest BCUT2D eigenvalue weighted by atomic mass is 10.3. The summed E-state index contributed by atoms with van der Waals surface area (Å²) in [5, 5.41) is 8.83. The van der Waals surface area contributed by atoms with Crippen LogP contribution in [-0.2, 0) is 10.0 Å². The average molecular weight is 386 g/mol. The standard InChI is InChI=1S/C11H16BrNO5S2/c1-7(4-5-19-3)13(2)20(16,17)9-6-8(11(14)15)18-10(9)12/h6-7H,4-5H2,1-3H3,(H,14,15). The first-order valence-corrected chi connectivity index (χ1v) is 9.34. The minimum absolute atomic E-state index is 0.0983. The number of carboxylic acids is 1. The molecule has 0 amide bonds. The summed E-state index contributed by atoms with van der Waals surface area (Å²) in [6.07, 6.45) is 2.66. The molecule has 1 unspecified atom stereocenters. The van der Waals surface area contributed by atoms with Gasteiger partial charge in [-0.25, -0.2) is 13.2 Å². The molecule has 0 bridgehead atoms. The molecule has 1 aromatic rings. The Hall–Kier alpha value is -0.510. The van der Waals surface area contributed by atoms with Gasteiger partial charge in [0, 0.05) is 19.2 Å². The molecule has 0 aliphatic carbocycles. The van der Waals surface area contributed by atoms with Crippen molar-refractivity contribution in [3.8, 4) is 0 Å². The molecule has 0 fully saturated rings. The van der Waals surface area contributed by atoms with E-state index in [4.69, 9.17) is 9.52 Å². The topological polar surface area (TPSA) is 87.8 Å². The zero-order valence-corrected chi connectivity index (χ0v) is 14.5. The van der Waals surface area contributed by atoms with Crippen LogP contribution in [0.15, 0.2) is 20.0 Å². The number of aromatic carboxylic acids is 1. The van der Waals surface area contributed by atoms with Crippen LogP contribution in [0.4, 0.5) is 0 Å². The average Bonchev–Trinajstić information content (AvgIpc) is 2.78. The van der Waals surface area contributed by atoms with Crippen molar-refractivity contribution < 1.29 is 22.7 Å². The van der Waals surface area contributed by atoms with Crippen molar-refractivity contribution in [2.45, 2.75) is 24.3 Å². The Kier molecular flexibility index (Phi) is 6.11. The summed E-state index contributed by atoms with van der Waals surface area (Å²) in [6.45, 7) is 1.81. The molecular formula is C11H16BrNO5S2. The Bertz CT molecular complexity index is 584. The normalized spacial score (nSPS) is 13.7. The lowest BCUT2D eigenvalue weighted by Gasteiger charge is -2.23. The monoisotopic (exact) mass is 385 g/mol. The lowest BCUT2D eigenvalue weighted by Crippen LogP contribution is -2.35. The van der Waals surface area contributed by atoms with E-state index in [1.807, 2.05) is 6.26 Å². The number of rotatable bonds is 7. The number of halogens is 1. The van der Waals surface area contributed by atoms with Crippen LogP contribution < -0.4 is 0 Å². The Morgan fingerprint density at radius 2 is 2.20 bits per heavy atom. The van der Waals surface area contributed by atoms with Gasteiger partial charge in [-0.3, -0.25) is 0 Å². The van der Waals surface area contributed by atoms with Crippen molar-refractivity contribution in [2.24, 2.45) is 0 Å². The highest BCUT2D eigenvalue weighted by atomic mass is 79.9. The van der Waals surface area contributed by atoms with Crippen LogP contribution >= 0.6 is 27.7 Å². The fourth-order valence-electron chi connectivity index (χ4n) is 1.50. The molecule has 1 atom stereocenters. The maximum Gasteiger partial charge on any atom is 0.371 e. The van der Waals surface area contributed by atoms with Gasteiger partial charge in [0.2, 0.25) is 15.8 Å². The highest BCUT2D eigenvalue weighted by Crippen LogP contribution is 2.29. The van der Waals surface area contributed by atoms with Gasteiger partial charge in [0.25, 0.3) is 0 Å². The molecule has 0 aliphatic rings. The van der Waals surface area contributed by atoms with Crippen LogP contribution in [0.1, 0.15) is 23.9 Å². The second-order valence-electron chi connectivity index (χ2n) is 4.21. The summed E-state index contributed by atoms with van der Waals surface area (Å²) in [7, 11) is -2.32. The van der Waals surface area contributed by atoms with Gasteiger partial charge in [0.1, 0.15) is 4.90 Å². The molecular weight excluding hydrogens is 370 g/mol. The number of sulfonamides is 1. The summed E-state index contributed by atoms with van der Waals surface area (Å²) in [5.74, 6) is -0.889. The third-order valence-electron chi connectivity index (χ3n) is 2.88. The fourth-order valence-corrected chi connectivity index (χ4v) is 4.36. The van der Waals surface area contributed by atoms with Crippen molar-refractivity contribution in [1.29, 1.82) is 0 Å². The molecule has 1 N–H and O–H groups in total. The predicted octanol–water partition coefficient (Wildman–Crippen LogP) is 2.50. The van der Waals surface area contributed by atoms with Crippen LogP contribution in [0, 0.1) is 0 Å². The van der Waals surface area contributed by atoms with Gasteiger partial charge in [-0.1, -0.05) is 0 Å². The predicted molar refractivity (Wildman–Crippen MR) is 80.8 cm³/mol. The molecule has 1 aromatic heterocycles. The third kappa shape index (κ3) is 3.78. The van der Waals surface area contributed by atoms with Gasteiger partial charge in [-0.05, 0) is 41.3 Å². The van der Waals surface area contributed by atoms with E-state index < -0.39 is 21.8 Å². The third-order valence-corrected chi connectivity index (χ3v) is 6.36. The van der Waals surface area contributed by atoms with E-state index in [9.17, 15) is 13.2 Å². The van der Waals surface area contributed by atoms with Crippen LogP contribution in [-0.4, -0.2) is 48.9 Å². The van der Waals surface area contributed by atoms with Gasteiger partial charge < -0.3 is 9.52 Å². The van der Waals surface area contributed by atoms with E-state index in [-0.39, 0.29) is 15.6 Å². The van der Waals surface area contributed by atoms with E-state index >= 15 is 0 Å². The number of furan rings is 1. The van der Waals surface area contributed by atoms with E-state index in [1.54, 1.807) is 18.7 Å². The molecule has 114 valence electrons. The van der Waals surface area contributed by atoms with Crippen LogP contribution in [0.2, 0.25) is 0 Å². The quantitative estimate of drug-likeness (QED) is 0.775. The van der Waals surface area contributed by atoms with E-state index in [1.165, 1.54) is 11.4 Å². The molecule has 0 radical (unpaired) electrons. The first-order chi connectivity index (χ1) is 9.21. The summed E-state index contributed by atoms with van der Waals surface area (Å²) >= 11 is 4.59. The molecule has 9 heteroatoms. The fraction of sp³-hybridized carbons (Fsp3) is 0.545. The zero-order valence-electron chi connectivity index (χ0n) is 11.3. The molecule has 1 heterocycles. The summed E-state index contributed by atoms with van der Waals surface area (Å²) in [4.78, 5) is 10.6. The van der Waals surface area contributed by atoms with Crippen molar-refractivity contribution in [3.05, 3.63) is 16.5 Å². The lowest BCUT2D eigenvalue weighted by molar-refractivity contribution is 0.0661. The summed E-state index contributed by atoms with van der Waals surface area (Å²) in [6, 6.07) is 0.821. The Labute approximate surface area is 130 Å². The number of hydrogen-bond acceptors (Lipinski definition) is 5. The van der Waals surface area contributed by atoms with Gasteiger partial charge in [0.15, 0.2) is 4.67 Å². The molecule has 0 aliphatic heterocycles. The van der Waals surface area contributed by atoms with Crippen LogP contribution in [0.5, 0.6) is 0 Å². The zero-order chi connectivity index (χ0) is 15.5. The number of thioether (sulfide) groups is 1. The van der Waals surface area contributed by atoms with Gasteiger partial charge in [-0.2, -0.15) is 16.1 Å². The Morgan fingerprint density at radius 1 is 1.60 bits per heavy atom. The highest BCUT2D eigenvalue weighted by Gasteiger charge is 2.31. The highest BCUT2D eigenvalue weighted by molar-refractivity contribution is 9.10. The van der Waals surface area contributed by atoms with Crippen molar-refractivity contribution in [1.82, 2.24) is 4.31 Å². The first kappa shape index (κ1) is 17.5. The van der Waals surface area contributed by atoms with Gasteiger partial charge in [0.05, 0.1) is 0 Å². The molecule has 1 rings (SSSR count). The first-order valence-electron chi connectivity index (χ1n) is 5.71. The van der Waals surface area contributed by atoms with Crippen LogP contribution in [0.25, 0.3) is 0 Å². The second-order valence-corrected chi connectivity index (χ2v) is 7.88. The largest absolute Gasteiger partial charge is 0.475 e. The molecule has 0 aromatic carbocycles. The Balaban J connectivity index is 3.07. The van der Waals surface area contributed by atoms with Crippen LogP contribution in [0.3, 0.4) is 0 Å². The number of hydrogen-bond donors (Lipinski definition) is 1. The summed E-state index contributed by atoms with van der Waals surface area (Å²) < 4.78 is 30.9. The second kappa shape index (κ2) is 6.97. The van der Waals surface area contributed by atoms with E-state index in [0.29, 0.717) is 6.42 Å². The van der Waals surface area contributed by atoms with Crippen molar-refractivity contribution >= 4 is 43.7 Å². The van der Waals surface area contributed by atoms with Gasteiger partial charge in [-0.15, -0.1) is 0 Å². The molecule has 0 saturated carbocycles. The molecule has 0 spiro atoms. The van der Waals surface area contributed by atoms with E-state index in [2.05, 4.69) is 15.9 Å².